The Balaban J connectivity index is 0.00000192. The van der Waals surface area contributed by atoms with E-state index in [1.54, 1.807) is 0 Å². The number of amides is 1. The molecule has 1 fully saturated rings. The van der Waals surface area contributed by atoms with Crippen molar-refractivity contribution in [3.63, 3.8) is 0 Å². The Morgan fingerprint density at radius 3 is 2.96 bits per heavy atom. The maximum Gasteiger partial charge on any atom is 0.224 e. The third-order valence-corrected chi connectivity index (χ3v) is 5.55. The Kier molecular flexibility index (Phi) is 6.10. The second-order valence-electron chi connectivity index (χ2n) is 7.01. The summed E-state index contributed by atoms with van der Waals surface area (Å²) in [6, 6.07) is 8.84. The molecule has 3 N–H and O–H groups in total. The quantitative estimate of drug-likeness (QED) is 0.837. The lowest BCUT2D eigenvalue weighted by atomic mass is 9.78. The second kappa shape index (κ2) is 7.67. The number of benzene rings is 1. The lowest BCUT2D eigenvalue weighted by molar-refractivity contribution is -0.123. The van der Waals surface area contributed by atoms with Gasteiger partial charge < -0.3 is 11.1 Å². The van der Waals surface area contributed by atoms with E-state index < -0.39 is 0 Å². The number of halogens is 1. The first-order valence-corrected chi connectivity index (χ1v) is 8.80. The number of hydrogen-bond acceptors (Lipinski definition) is 2. The third-order valence-electron chi connectivity index (χ3n) is 5.55. The van der Waals surface area contributed by atoms with Crippen LogP contribution in [0, 0.1) is 5.92 Å². The average molecular weight is 337 g/mol. The van der Waals surface area contributed by atoms with Crippen LogP contribution in [0.3, 0.4) is 0 Å². The van der Waals surface area contributed by atoms with Crippen LogP contribution in [0.5, 0.6) is 0 Å². The molecule has 0 radical (unpaired) electrons. The molecule has 0 saturated heterocycles. The first-order valence-electron chi connectivity index (χ1n) is 8.80. The zero-order valence-electron chi connectivity index (χ0n) is 14.0. The predicted molar refractivity (Wildman–Crippen MR) is 96.9 cm³/mol. The van der Waals surface area contributed by atoms with Gasteiger partial charge in [-0.1, -0.05) is 44.0 Å². The summed E-state index contributed by atoms with van der Waals surface area (Å²) in [5, 5.41) is 3.20. The van der Waals surface area contributed by atoms with E-state index in [-0.39, 0.29) is 35.7 Å². The summed E-state index contributed by atoms with van der Waals surface area (Å²) in [5.41, 5.74) is 8.82. The van der Waals surface area contributed by atoms with E-state index in [1.807, 2.05) is 0 Å². The van der Waals surface area contributed by atoms with Gasteiger partial charge in [0.1, 0.15) is 0 Å². The molecular weight excluding hydrogens is 308 g/mol. The molecule has 0 aliphatic heterocycles. The Bertz CT molecular complexity index is 548. The topological polar surface area (TPSA) is 55.1 Å². The summed E-state index contributed by atoms with van der Waals surface area (Å²) in [6.07, 6.45) is 7.80. The maximum absolute atomic E-state index is 12.7. The van der Waals surface area contributed by atoms with Crippen molar-refractivity contribution in [3.05, 3.63) is 35.4 Å². The molecule has 1 amide bonds. The Morgan fingerprint density at radius 1 is 1.43 bits per heavy atom. The van der Waals surface area contributed by atoms with Crippen molar-refractivity contribution >= 4 is 18.3 Å². The van der Waals surface area contributed by atoms with Crippen molar-refractivity contribution in [3.8, 4) is 0 Å². The fourth-order valence-corrected chi connectivity index (χ4v) is 4.18. The first-order chi connectivity index (χ1) is 10.7. The van der Waals surface area contributed by atoms with Crippen LogP contribution in [0.2, 0.25) is 0 Å². The molecule has 1 saturated carbocycles. The minimum Gasteiger partial charge on any atom is -0.352 e. The van der Waals surface area contributed by atoms with Crippen LogP contribution in [0.15, 0.2) is 24.3 Å². The molecular formula is C19H29ClN2O. The maximum atomic E-state index is 12.7. The SMILES string of the molecule is CCCCC(CN)NC(=O)C1CC12CCCc1ccccc12.Cl. The minimum atomic E-state index is 0. The number of carbonyl (C=O) groups excluding carboxylic acids is 1. The molecule has 3 rings (SSSR count). The van der Waals surface area contributed by atoms with Crippen molar-refractivity contribution in [1.29, 1.82) is 0 Å². The molecule has 4 heteroatoms. The monoisotopic (exact) mass is 336 g/mol. The normalized spacial score (nSPS) is 26.1. The van der Waals surface area contributed by atoms with Gasteiger partial charge in [0.2, 0.25) is 5.91 Å². The van der Waals surface area contributed by atoms with E-state index in [1.165, 1.54) is 17.5 Å². The van der Waals surface area contributed by atoms with Gasteiger partial charge in [-0.25, -0.2) is 0 Å². The number of nitrogens with one attached hydrogen (secondary N) is 1. The molecule has 1 aromatic carbocycles. The Hall–Kier alpha value is -1.06. The Morgan fingerprint density at radius 2 is 2.22 bits per heavy atom. The molecule has 23 heavy (non-hydrogen) atoms. The van der Waals surface area contributed by atoms with Crippen LogP contribution >= 0.6 is 12.4 Å². The van der Waals surface area contributed by atoms with E-state index in [9.17, 15) is 4.79 Å². The number of fused-ring (bicyclic) bond motifs is 2. The highest BCUT2D eigenvalue weighted by atomic mass is 35.5. The number of rotatable bonds is 6. The first kappa shape index (κ1) is 18.3. The average Bonchev–Trinajstić information content (AvgIpc) is 3.26. The molecule has 2 aliphatic carbocycles. The van der Waals surface area contributed by atoms with Gasteiger partial charge in [0.15, 0.2) is 0 Å². The molecule has 1 aromatic rings. The second-order valence-corrected chi connectivity index (χ2v) is 7.01. The summed E-state index contributed by atoms with van der Waals surface area (Å²) in [4.78, 5) is 12.7. The van der Waals surface area contributed by atoms with Crippen molar-refractivity contribution in [2.75, 3.05) is 6.54 Å². The highest BCUT2D eigenvalue weighted by Crippen LogP contribution is 2.60. The van der Waals surface area contributed by atoms with Gasteiger partial charge in [-0.05, 0) is 43.2 Å². The van der Waals surface area contributed by atoms with Crippen LogP contribution in [0.4, 0.5) is 0 Å². The molecule has 1 spiro atoms. The van der Waals surface area contributed by atoms with Crippen molar-refractivity contribution in [2.24, 2.45) is 11.7 Å². The number of hydrogen-bond donors (Lipinski definition) is 2. The van der Waals surface area contributed by atoms with Gasteiger partial charge >= 0.3 is 0 Å². The number of carbonyl (C=O) groups is 1. The van der Waals surface area contributed by atoms with Crippen LogP contribution < -0.4 is 11.1 Å². The number of aryl methyl sites for hydroxylation is 1. The molecule has 3 unspecified atom stereocenters. The van der Waals surface area contributed by atoms with E-state index in [2.05, 4.69) is 36.5 Å². The lowest BCUT2D eigenvalue weighted by Gasteiger charge is -2.27. The van der Waals surface area contributed by atoms with Crippen LogP contribution in [0.1, 0.15) is 56.6 Å². The lowest BCUT2D eigenvalue weighted by Crippen LogP contribution is -2.42. The van der Waals surface area contributed by atoms with E-state index >= 15 is 0 Å². The van der Waals surface area contributed by atoms with Crippen LogP contribution in [0.25, 0.3) is 0 Å². The highest BCUT2D eigenvalue weighted by Gasteiger charge is 2.60. The molecule has 3 atom stereocenters. The third kappa shape index (κ3) is 3.56. The zero-order valence-corrected chi connectivity index (χ0v) is 14.8. The number of unbranched alkanes of at least 4 members (excludes halogenated alkanes) is 1. The molecule has 128 valence electrons. The predicted octanol–water partition coefficient (Wildman–Crippen LogP) is 3.34. The fourth-order valence-electron chi connectivity index (χ4n) is 4.18. The van der Waals surface area contributed by atoms with E-state index in [0.29, 0.717) is 6.54 Å². The zero-order chi connectivity index (χ0) is 15.6. The van der Waals surface area contributed by atoms with Crippen molar-refractivity contribution in [1.82, 2.24) is 5.32 Å². The minimum absolute atomic E-state index is 0. The summed E-state index contributed by atoms with van der Waals surface area (Å²) >= 11 is 0. The molecule has 3 nitrogen and oxygen atoms in total. The fraction of sp³-hybridized carbons (Fsp3) is 0.632. The van der Waals surface area contributed by atoms with Crippen LogP contribution in [-0.2, 0) is 16.6 Å². The number of nitrogens with two attached hydrogens (primary N) is 1. The summed E-state index contributed by atoms with van der Waals surface area (Å²) < 4.78 is 0. The summed E-state index contributed by atoms with van der Waals surface area (Å²) in [7, 11) is 0. The van der Waals surface area contributed by atoms with Gasteiger partial charge in [-0.3, -0.25) is 4.79 Å². The largest absolute Gasteiger partial charge is 0.352 e. The Labute approximate surface area is 145 Å². The van der Waals surface area contributed by atoms with E-state index in [4.69, 9.17) is 5.73 Å². The summed E-state index contributed by atoms with van der Waals surface area (Å²) in [6.45, 7) is 2.71. The molecule has 0 bridgehead atoms. The van der Waals surface area contributed by atoms with E-state index in [0.717, 1.165) is 38.5 Å². The van der Waals surface area contributed by atoms with Crippen molar-refractivity contribution in [2.45, 2.75) is 63.3 Å². The van der Waals surface area contributed by atoms with Gasteiger partial charge in [0, 0.05) is 23.9 Å². The van der Waals surface area contributed by atoms with Gasteiger partial charge in [-0.15, -0.1) is 12.4 Å². The highest BCUT2D eigenvalue weighted by molar-refractivity contribution is 5.85. The standard InChI is InChI=1S/C19H28N2O.ClH/c1-2-3-9-15(13-20)21-18(22)17-12-19(17)11-6-8-14-7-4-5-10-16(14)19;/h4-5,7,10,15,17H,2-3,6,8-9,11-13,20H2,1H3,(H,21,22);1H. The van der Waals surface area contributed by atoms with Gasteiger partial charge in [0.05, 0.1) is 0 Å². The smallest absolute Gasteiger partial charge is 0.224 e. The molecule has 0 heterocycles. The van der Waals surface area contributed by atoms with Gasteiger partial charge in [-0.2, -0.15) is 0 Å². The van der Waals surface area contributed by atoms with Crippen LogP contribution in [-0.4, -0.2) is 18.5 Å². The molecule has 0 aromatic heterocycles. The van der Waals surface area contributed by atoms with Crippen molar-refractivity contribution < 1.29 is 4.79 Å². The molecule has 2 aliphatic rings. The summed E-state index contributed by atoms with van der Waals surface area (Å²) in [5.74, 6) is 0.382. The van der Waals surface area contributed by atoms with Gasteiger partial charge in [0.25, 0.3) is 0 Å².